The number of carbonyl (C=O) groups excluding carboxylic acids is 1. The van der Waals surface area contributed by atoms with Crippen molar-refractivity contribution in [3.63, 3.8) is 0 Å². The van der Waals surface area contributed by atoms with E-state index in [0.717, 1.165) is 20.7 Å². The molecule has 0 amide bonds. The SMILES string of the molecule is COc1ccc(Sc2c3cc(OC)c(OC)cc3cc[n+]2CC(=O)c2ccccc2)cc1OC. The average molecular weight is 477 g/mol. The van der Waals surface area contributed by atoms with Gasteiger partial charge in [0.1, 0.15) is 0 Å². The van der Waals surface area contributed by atoms with E-state index in [2.05, 4.69) is 0 Å². The third-order valence-electron chi connectivity index (χ3n) is 5.46. The fraction of sp³-hybridized carbons (Fsp3) is 0.185. The molecule has 0 spiro atoms. The van der Waals surface area contributed by atoms with Crippen molar-refractivity contribution in [2.45, 2.75) is 16.5 Å². The summed E-state index contributed by atoms with van der Waals surface area (Å²) < 4.78 is 23.9. The quantitative estimate of drug-likeness (QED) is 0.245. The third-order valence-corrected chi connectivity index (χ3v) is 6.60. The highest BCUT2D eigenvalue weighted by Gasteiger charge is 2.23. The molecule has 0 radical (unpaired) electrons. The maximum atomic E-state index is 13.1. The molecule has 0 N–H and O–H groups in total. The number of rotatable bonds is 9. The molecule has 0 aliphatic carbocycles. The van der Waals surface area contributed by atoms with Crippen LogP contribution >= 0.6 is 11.8 Å². The van der Waals surface area contributed by atoms with E-state index in [1.54, 1.807) is 40.2 Å². The van der Waals surface area contributed by atoms with Crippen molar-refractivity contribution in [1.82, 2.24) is 0 Å². The molecule has 0 fully saturated rings. The second-order valence-corrected chi connectivity index (χ2v) is 8.51. The zero-order valence-electron chi connectivity index (χ0n) is 19.5. The van der Waals surface area contributed by atoms with Gasteiger partial charge in [0.15, 0.2) is 29.2 Å². The second kappa shape index (κ2) is 10.5. The minimum Gasteiger partial charge on any atom is -0.493 e. The number of hydrogen-bond donors (Lipinski definition) is 0. The number of ketones is 1. The van der Waals surface area contributed by atoms with Crippen LogP contribution in [0.15, 0.2) is 82.8 Å². The van der Waals surface area contributed by atoms with Crippen LogP contribution in [0.1, 0.15) is 10.4 Å². The maximum absolute atomic E-state index is 13.1. The van der Waals surface area contributed by atoms with Gasteiger partial charge in [-0.05, 0) is 47.5 Å². The molecule has 34 heavy (non-hydrogen) atoms. The van der Waals surface area contributed by atoms with E-state index in [-0.39, 0.29) is 12.3 Å². The van der Waals surface area contributed by atoms with Gasteiger partial charge in [-0.25, -0.2) is 0 Å². The zero-order valence-corrected chi connectivity index (χ0v) is 20.3. The van der Waals surface area contributed by atoms with Gasteiger partial charge in [0.05, 0.1) is 33.8 Å². The van der Waals surface area contributed by atoms with Crippen molar-refractivity contribution in [3.8, 4) is 23.0 Å². The van der Waals surface area contributed by atoms with Gasteiger partial charge >= 0.3 is 0 Å². The third kappa shape index (κ3) is 4.79. The van der Waals surface area contributed by atoms with E-state index in [9.17, 15) is 4.79 Å². The largest absolute Gasteiger partial charge is 0.493 e. The van der Waals surface area contributed by atoms with Gasteiger partial charge < -0.3 is 18.9 Å². The highest BCUT2D eigenvalue weighted by Crippen LogP contribution is 2.39. The van der Waals surface area contributed by atoms with Crippen molar-refractivity contribution >= 4 is 28.3 Å². The molecule has 1 aromatic heterocycles. The number of ether oxygens (including phenoxy) is 4. The lowest BCUT2D eigenvalue weighted by Gasteiger charge is -2.12. The Hall–Kier alpha value is -3.71. The molecule has 6 nitrogen and oxygen atoms in total. The Morgan fingerprint density at radius 3 is 2.09 bits per heavy atom. The van der Waals surface area contributed by atoms with Gasteiger partial charge in [0, 0.05) is 16.5 Å². The van der Waals surface area contributed by atoms with Crippen LogP contribution in [0.2, 0.25) is 0 Å². The maximum Gasteiger partial charge on any atom is 0.253 e. The van der Waals surface area contributed by atoms with Crippen molar-refractivity contribution in [2.24, 2.45) is 0 Å². The number of nitrogens with zero attached hydrogens (tertiary/aromatic N) is 1. The molecule has 7 heteroatoms. The molecule has 0 aliphatic rings. The van der Waals surface area contributed by atoms with E-state index >= 15 is 0 Å². The van der Waals surface area contributed by atoms with Crippen molar-refractivity contribution in [2.75, 3.05) is 28.4 Å². The lowest BCUT2D eigenvalue weighted by Crippen LogP contribution is -2.40. The van der Waals surface area contributed by atoms with E-state index in [4.69, 9.17) is 18.9 Å². The van der Waals surface area contributed by atoms with E-state index in [1.807, 2.05) is 77.5 Å². The number of aromatic nitrogens is 1. The topological polar surface area (TPSA) is 57.9 Å². The summed E-state index contributed by atoms with van der Waals surface area (Å²) in [7, 11) is 6.45. The van der Waals surface area contributed by atoms with Gasteiger partial charge in [-0.2, -0.15) is 4.57 Å². The number of fused-ring (bicyclic) bond motifs is 1. The summed E-state index contributed by atoms with van der Waals surface area (Å²) in [6, 6.07) is 20.9. The Morgan fingerprint density at radius 2 is 1.41 bits per heavy atom. The molecule has 3 aromatic carbocycles. The highest BCUT2D eigenvalue weighted by atomic mass is 32.2. The standard InChI is InChI=1S/C27H26NO5S/c1-30-23-11-10-20(15-25(23)32-3)34-27-21-16-26(33-4)24(31-2)14-19(21)12-13-28(27)17-22(29)18-8-6-5-7-9-18/h5-16H,17H2,1-4H3/q+1. The molecule has 0 saturated heterocycles. The summed E-state index contributed by atoms with van der Waals surface area (Å²) in [6.07, 6.45) is 1.93. The van der Waals surface area contributed by atoms with Crippen LogP contribution in [0.3, 0.4) is 0 Å². The summed E-state index contributed by atoms with van der Waals surface area (Å²) in [5.41, 5.74) is 0.671. The van der Waals surface area contributed by atoms with E-state index in [0.29, 0.717) is 28.6 Å². The summed E-state index contributed by atoms with van der Waals surface area (Å²) in [5.74, 6) is 2.59. The summed E-state index contributed by atoms with van der Waals surface area (Å²) in [6.45, 7) is 0.198. The Labute approximate surface area is 203 Å². The zero-order chi connectivity index (χ0) is 24.1. The van der Waals surface area contributed by atoms with Crippen molar-refractivity contribution in [1.29, 1.82) is 0 Å². The first-order chi connectivity index (χ1) is 16.6. The Morgan fingerprint density at radius 1 is 0.765 bits per heavy atom. The molecule has 0 saturated carbocycles. The number of methoxy groups -OCH3 is 4. The highest BCUT2D eigenvalue weighted by molar-refractivity contribution is 7.99. The Kier molecular flexibility index (Phi) is 7.23. The monoisotopic (exact) mass is 476 g/mol. The second-order valence-electron chi connectivity index (χ2n) is 7.45. The molecule has 0 bridgehead atoms. The normalized spacial score (nSPS) is 10.7. The molecule has 1 heterocycles. The Balaban J connectivity index is 1.84. The van der Waals surface area contributed by atoms with Crippen molar-refractivity contribution in [3.05, 3.63) is 78.5 Å². The minimum atomic E-state index is 0.0274. The number of Topliss-reactive ketones (excluding diaryl/α,β-unsaturated/α-hetero) is 1. The van der Waals surface area contributed by atoms with Crippen LogP contribution in [0.25, 0.3) is 10.8 Å². The first-order valence-electron chi connectivity index (χ1n) is 10.6. The number of hydrogen-bond acceptors (Lipinski definition) is 6. The lowest BCUT2D eigenvalue weighted by molar-refractivity contribution is -0.717. The molecular weight excluding hydrogens is 450 g/mol. The molecule has 174 valence electrons. The smallest absolute Gasteiger partial charge is 0.253 e. The summed E-state index contributed by atoms with van der Waals surface area (Å²) in [5, 5.41) is 2.82. The van der Waals surface area contributed by atoms with E-state index < -0.39 is 0 Å². The number of pyridine rings is 1. The van der Waals surface area contributed by atoms with Gasteiger partial charge in [0.25, 0.3) is 5.03 Å². The molecule has 0 unspecified atom stereocenters. The molecule has 0 aliphatic heterocycles. The van der Waals surface area contributed by atoms with Crippen LogP contribution in [0.4, 0.5) is 0 Å². The first-order valence-corrected chi connectivity index (χ1v) is 11.5. The van der Waals surface area contributed by atoms with Crippen LogP contribution in [-0.2, 0) is 6.54 Å². The fourth-order valence-electron chi connectivity index (χ4n) is 3.71. The average Bonchev–Trinajstić information content (AvgIpc) is 2.89. The van der Waals surface area contributed by atoms with Crippen molar-refractivity contribution < 1.29 is 28.3 Å². The summed E-state index contributed by atoms with van der Waals surface area (Å²) >= 11 is 1.54. The van der Waals surface area contributed by atoms with E-state index in [1.165, 1.54) is 0 Å². The predicted molar refractivity (Wildman–Crippen MR) is 132 cm³/mol. The predicted octanol–water partition coefficient (Wildman–Crippen LogP) is 5.20. The number of benzene rings is 3. The van der Waals surface area contributed by atoms with Crippen LogP contribution in [0, 0.1) is 0 Å². The van der Waals surface area contributed by atoms with Gasteiger partial charge in [-0.15, -0.1) is 0 Å². The fourth-order valence-corrected chi connectivity index (χ4v) is 4.77. The molecule has 4 aromatic rings. The summed E-state index contributed by atoms with van der Waals surface area (Å²) in [4.78, 5) is 14.0. The first kappa shape index (κ1) is 23.4. The molecule has 4 rings (SSSR count). The van der Waals surface area contributed by atoms with Crippen LogP contribution in [0.5, 0.6) is 23.0 Å². The number of carbonyl (C=O) groups is 1. The van der Waals surface area contributed by atoms with Crippen LogP contribution in [-0.4, -0.2) is 34.2 Å². The molecular formula is C27H26NO5S+. The lowest BCUT2D eigenvalue weighted by atomic mass is 10.1. The van der Waals surface area contributed by atoms with Gasteiger partial charge in [-0.1, -0.05) is 30.3 Å². The van der Waals surface area contributed by atoms with Gasteiger partial charge in [0.2, 0.25) is 12.3 Å². The minimum absolute atomic E-state index is 0.0274. The Bertz CT molecular complexity index is 1320. The van der Waals surface area contributed by atoms with Gasteiger partial charge in [-0.3, -0.25) is 4.79 Å². The van der Waals surface area contributed by atoms with Crippen LogP contribution < -0.4 is 23.5 Å². The molecule has 0 atom stereocenters.